The van der Waals surface area contributed by atoms with Crippen LogP contribution in [0.15, 0.2) is 30.3 Å². The van der Waals surface area contributed by atoms with Crippen molar-refractivity contribution in [3.05, 3.63) is 47.5 Å². The molecule has 132 valence electrons. The van der Waals surface area contributed by atoms with Gasteiger partial charge in [0.25, 0.3) is 0 Å². The Kier molecular flexibility index (Phi) is 4.53. The Bertz CT molecular complexity index is 738. The summed E-state index contributed by atoms with van der Waals surface area (Å²) in [5.74, 6) is 2.03. The van der Waals surface area contributed by atoms with E-state index in [1.807, 2.05) is 30.3 Å². The number of benzene rings is 1. The molecule has 2 atom stereocenters. The summed E-state index contributed by atoms with van der Waals surface area (Å²) in [6.07, 6.45) is 5.50. The average Bonchev–Trinajstić information content (AvgIpc) is 3.35. The van der Waals surface area contributed by atoms with Crippen LogP contribution in [0.3, 0.4) is 0 Å². The predicted molar refractivity (Wildman–Crippen MR) is 94.9 cm³/mol. The van der Waals surface area contributed by atoms with Crippen LogP contribution in [-0.4, -0.2) is 26.7 Å². The van der Waals surface area contributed by atoms with E-state index in [9.17, 15) is 4.79 Å². The standard InChI is InChI=1S/C19H25N5O/c1-13(18-23-22-16-9-5-6-12-24(16)18)20-17(14-7-3-2-4-8-14)19(25)21-15-10-11-15/h2-4,7-8,13,15,17,20H,5-6,9-12H2,1H3,(H,21,25). The molecule has 2 heterocycles. The molecule has 0 saturated heterocycles. The third kappa shape index (κ3) is 3.58. The summed E-state index contributed by atoms with van der Waals surface area (Å²) in [5.41, 5.74) is 0.978. The van der Waals surface area contributed by atoms with Crippen LogP contribution in [0.25, 0.3) is 0 Å². The molecule has 0 spiro atoms. The van der Waals surface area contributed by atoms with Crippen LogP contribution >= 0.6 is 0 Å². The smallest absolute Gasteiger partial charge is 0.241 e. The molecule has 0 bridgehead atoms. The van der Waals surface area contributed by atoms with Crippen molar-refractivity contribution >= 4 is 5.91 Å². The Morgan fingerprint density at radius 1 is 1.20 bits per heavy atom. The van der Waals surface area contributed by atoms with E-state index in [0.717, 1.165) is 49.4 Å². The van der Waals surface area contributed by atoms with Gasteiger partial charge in [-0.2, -0.15) is 0 Å². The fourth-order valence-electron chi connectivity index (χ4n) is 3.46. The van der Waals surface area contributed by atoms with Gasteiger partial charge in [-0.05, 0) is 38.2 Å². The Morgan fingerprint density at radius 2 is 2.00 bits per heavy atom. The van der Waals surface area contributed by atoms with Crippen molar-refractivity contribution in [1.82, 2.24) is 25.4 Å². The highest BCUT2D eigenvalue weighted by atomic mass is 16.2. The molecular formula is C19H25N5O. The van der Waals surface area contributed by atoms with Crippen molar-refractivity contribution < 1.29 is 4.79 Å². The Hall–Kier alpha value is -2.21. The molecule has 1 fully saturated rings. The summed E-state index contributed by atoms with van der Waals surface area (Å²) in [6, 6.07) is 9.82. The van der Waals surface area contributed by atoms with Crippen molar-refractivity contribution in [3.8, 4) is 0 Å². The number of carbonyl (C=O) groups excluding carboxylic acids is 1. The minimum absolute atomic E-state index is 0.0407. The molecule has 6 heteroatoms. The van der Waals surface area contributed by atoms with E-state index in [4.69, 9.17) is 0 Å². The second-order valence-electron chi connectivity index (χ2n) is 7.10. The summed E-state index contributed by atoms with van der Waals surface area (Å²) in [6.45, 7) is 3.03. The van der Waals surface area contributed by atoms with Gasteiger partial charge in [0.2, 0.25) is 5.91 Å². The van der Waals surface area contributed by atoms with E-state index in [1.165, 1.54) is 6.42 Å². The molecule has 1 aliphatic carbocycles. The zero-order valence-corrected chi connectivity index (χ0v) is 14.6. The topological polar surface area (TPSA) is 71.8 Å². The highest BCUT2D eigenvalue weighted by molar-refractivity contribution is 5.83. The van der Waals surface area contributed by atoms with Gasteiger partial charge in [0, 0.05) is 19.0 Å². The van der Waals surface area contributed by atoms with E-state index >= 15 is 0 Å². The molecule has 0 radical (unpaired) electrons. The zero-order chi connectivity index (χ0) is 17.2. The van der Waals surface area contributed by atoms with Crippen LogP contribution in [0.4, 0.5) is 0 Å². The molecule has 6 nitrogen and oxygen atoms in total. The maximum absolute atomic E-state index is 12.8. The molecule has 2 N–H and O–H groups in total. The molecule has 2 aliphatic rings. The Morgan fingerprint density at radius 3 is 2.76 bits per heavy atom. The second-order valence-corrected chi connectivity index (χ2v) is 7.10. The lowest BCUT2D eigenvalue weighted by molar-refractivity contribution is -0.123. The molecule has 4 rings (SSSR count). The van der Waals surface area contributed by atoms with Crippen LogP contribution in [-0.2, 0) is 17.8 Å². The summed E-state index contributed by atoms with van der Waals surface area (Å²) < 4.78 is 2.21. The minimum atomic E-state index is -0.381. The van der Waals surface area contributed by atoms with Gasteiger partial charge in [-0.15, -0.1) is 10.2 Å². The van der Waals surface area contributed by atoms with Crippen LogP contribution in [0, 0.1) is 0 Å². The molecule has 1 aliphatic heterocycles. The monoisotopic (exact) mass is 339 g/mol. The summed E-state index contributed by atoms with van der Waals surface area (Å²) in [4.78, 5) is 12.8. The number of fused-ring (bicyclic) bond motifs is 1. The Labute approximate surface area is 148 Å². The van der Waals surface area contributed by atoms with Crippen molar-refractivity contribution in [3.63, 3.8) is 0 Å². The zero-order valence-electron chi connectivity index (χ0n) is 14.6. The number of nitrogens with one attached hydrogen (secondary N) is 2. The molecular weight excluding hydrogens is 314 g/mol. The van der Waals surface area contributed by atoms with Gasteiger partial charge in [0.15, 0.2) is 0 Å². The van der Waals surface area contributed by atoms with Gasteiger partial charge in [-0.3, -0.25) is 10.1 Å². The highest BCUT2D eigenvalue weighted by Crippen LogP contribution is 2.24. The van der Waals surface area contributed by atoms with E-state index in [-0.39, 0.29) is 18.0 Å². The van der Waals surface area contributed by atoms with Gasteiger partial charge < -0.3 is 9.88 Å². The van der Waals surface area contributed by atoms with E-state index in [2.05, 4.69) is 32.3 Å². The molecule has 25 heavy (non-hydrogen) atoms. The van der Waals surface area contributed by atoms with E-state index < -0.39 is 0 Å². The summed E-state index contributed by atoms with van der Waals surface area (Å²) >= 11 is 0. The molecule has 2 aromatic rings. The lowest BCUT2D eigenvalue weighted by Gasteiger charge is -2.24. The van der Waals surface area contributed by atoms with E-state index in [1.54, 1.807) is 0 Å². The van der Waals surface area contributed by atoms with Crippen LogP contribution < -0.4 is 10.6 Å². The van der Waals surface area contributed by atoms with Gasteiger partial charge in [-0.25, -0.2) is 0 Å². The maximum atomic E-state index is 12.8. The van der Waals surface area contributed by atoms with Crippen molar-refractivity contribution in [1.29, 1.82) is 0 Å². The third-order valence-corrected chi connectivity index (χ3v) is 5.01. The fourth-order valence-corrected chi connectivity index (χ4v) is 3.46. The SMILES string of the molecule is CC(NC(C(=O)NC1CC1)c1ccccc1)c1nnc2n1CCCC2. The van der Waals surface area contributed by atoms with Crippen LogP contribution in [0.1, 0.15) is 61.9 Å². The van der Waals surface area contributed by atoms with Crippen LogP contribution in [0.5, 0.6) is 0 Å². The number of hydrogen-bond acceptors (Lipinski definition) is 4. The molecule has 2 unspecified atom stereocenters. The highest BCUT2D eigenvalue weighted by Gasteiger charge is 2.30. The number of carbonyl (C=O) groups is 1. The molecule has 1 saturated carbocycles. The summed E-state index contributed by atoms with van der Waals surface area (Å²) in [7, 11) is 0. The fraction of sp³-hybridized carbons (Fsp3) is 0.526. The van der Waals surface area contributed by atoms with Gasteiger partial charge in [-0.1, -0.05) is 30.3 Å². The number of aromatic nitrogens is 3. The first-order valence-electron chi connectivity index (χ1n) is 9.25. The minimum Gasteiger partial charge on any atom is -0.352 e. The first-order chi connectivity index (χ1) is 12.2. The quantitative estimate of drug-likeness (QED) is 0.847. The van der Waals surface area contributed by atoms with E-state index in [0.29, 0.717) is 6.04 Å². The van der Waals surface area contributed by atoms with Crippen molar-refractivity contribution in [2.24, 2.45) is 0 Å². The second kappa shape index (κ2) is 6.96. The first kappa shape index (κ1) is 16.3. The first-order valence-corrected chi connectivity index (χ1v) is 9.25. The van der Waals surface area contributed by atoms with Crippen molar-refractivity contribution in [2.75, 3.05) is 0 Å². The third-order valence-electron chi connectivity index (χ3n) is 5.01. The molecule has 1 aromatic heterocycles. The number of hydrogen-bond donors (Lipinski definition) is 2. The number of aryl methyl sites for hydroxylation is 1. The van der Waals surface area contributed by atoms with Crippen molar-refractivity contribution in [2.45, 2.75) is 63.7 Å². The summed E-state index contributed by atoms with van der Waals surface area (Å²) in [5, 5.41) is 15.3. The lowest BCUT2D eigenvalue weighted by atomic mass is 10.0. The normalized spacial score (nSPS) is 19.1. The molecule has 1 amide bonds. The predicted octanol–water partition coefficient (Wildman–Crippen LogP) is 2.28. The number of nitrogens with zero attached hydrogens (tertiary/aromatic N) is 3. The van der Waals surface area contributed by atoms with Gasteiger partial charge >= 0.3 is 0 Å². The largest absolute Gasteiger partial charge is 0.352 e. The number of amides is 1. The van der Waals surface area contributed by atoms with Crippen LogP contribution in [0.2, 0.25) is 0 Å². The van der Waals surface area contributed by atoms with Gasteiger partial charge in [0.05, 0.1) is 6.04 Å². The average molecular weight is 339 g/mol. The Balaban J connectivity index is 1.55. The lowest BCUT2D eigenvalue weighted by Crippen LogP contribution is -2.40. The maximum Gasteiger partial charge on any atom is 0.241 e. The number of rotatable bonds is 6. The molecule has 1 aromatic carbocycles. The van der Waals surface area contributed by atoms with Gasteiger partial charge in [0.1, 0.15) is 17.7 Å².